The molecule has 4 nitrogen and oxygen atoms in total. The molecule has 0 saturated heterocycles. The molecule has 0 aliphatic carbocycles. The summed E-state index contributed by atoms with van der Waals surface area (Å²) < 4.78 is 0. The normalized spacial score (nSPS) is 11.1. The van der Waals surface area contributed by atoms with Crippen LogP contribution < -0.4 is 5.32 Å². The van der Waals surface area contributed by atoms with Gasteiger partial charge < -0.3 is 5.32 Å². The molecule has 0 spiro atoms. The lowest BCUT2D eigenvalue weighted by atomic mass is 9.94. The van der Waals surface area contributed by atoms with Gasteiger partial charge in [0.2, 0.25) is 5.91 Å². The number of urea groups is 1. The minimum atomic E-state index is -0.589. The van der Waals surface area contributed by atoms with Crippen molar-refractivity contribution in [2.24, 2.45) is 5.41 Å². The van der Waals surface area contributed by atoms with Gasteiger partial charge in [-0.25, -0.2) is 4.79 Å². The molecule has 0 aliphatic heterocycles. The van der Waals surface area contributed by atoms with E-state index in [1.807, 2.05) is 51.1 Å². The van der Waals surface area contributed by atoms with Gasteiger partial charge in [0.05, 0.1) is 6.54 Å². The number of carbonyl (C=O) groups excluding carboxylic acids is 2. The summed E-state index contributed by atoms with van der Waals surface area (Å²) in [6, 6.07) is 9.31. The van der Waals surface area contributed by atoms with Crippen molar-refractivity contribution in [3.63, 3.8) is 0 Å². The van der Waals surface area contributed by atoms with Crippen LogP contribution in [0.4, 0.5) is 4.79 Å². The zero-order valence-electron chi connectivity index (χ0n) is 14.9. The third kappa shape index (κ3) is 6.85. The molecule has 0 aromatic heterocycles. The summed E-state index contributed by atoms with van der Waals surface area (Å²) in [5, 5.41) is 2.88. The molecular weight excluding hydrogens is 288 g/mol. The number of nitrogens with one attached hydrogen (secondary N) is 1. The largest absolute Gasteiger partial charge is 0.338 e. The Morgan fingerprint density at radius 2 is 1.70 bits per heavy atom. The average molecular weight is 318 g/mol. The Morgan fingerprint density at radius 3 is 2.26 bits per heavy atom. The van der Waals surface area contributed by atoms with Crippen LogP contribution in [-0.2, 0) is 11.3 Å². The second kappa shape index (κ2) is 9.33. The van der Waals surface area contributed by atoms with Crippen LogP contribution in [0.5, 0.6) is 0 Å². The van der Waals surface area contributed by atoms with Crippen molar-refractivity contribution in [1.82, 2.24) is 10.2 Å². The number of hydrogen-bond donors (Lipinski definition) is 1. The number of benzene rings is 1. The summed E-state index contributed by atoms with van der Waals surface area (Å²) >= 11 is 0. The monoisotopic (exact) mass is 318 g/mol. The van der Waals surface area contributed by atoms with Crippen LogP contribution in [-0.4, -0.2) is 23.4 Å². The summed E-state index contributed by atoms with van der Waals surface area (Å²) in [6.07, 6.45) is 4.38. The number of imide groups is 1. The van der Waals surface area contributed by atoms with E-state index in [2.05, 4.69) is 12.2 Å². The second-order valence-electron chi connectivity index (χ2n) is 6.92. The number of amides is 3. The summed E-state index contributed by atoms with van der Waals surface area (Å²) in [4.78, 5) is 26.4. The van der Waals surface area contributed by atoms with Gasteiger partial charge in [-0.15, -0.1) is 0 Å². The van der Waals surface area contributed by atoms with E-state index in [1.165, 1.54) is 11.3 Å². The van der Waals surface area contributed by atoms with E-state index < -0.39 is 5.41 Å². The first kappa shape index (κ1) is 19.2. The maximum absolute atomic E-state index is 12.6. The predicted molar refractivity (Wildman–Crippen MR) is 94.0 cm³/mol. The fourth-order valence-corrected chi connectivity index (χ4v) is 2.25. The van der Waals surface area contributed by atoms with Crippen LogP contribution in [0.25, 0.3) is 0 Å². The fraction of sp³-hybridized carbons (Fsp3) is 0.579. The first-order valence-electron chi connectivity index (χ1n) is 8.50. The van der Waals surface area contributed by atoms with Gasteiger partial charge in [-0.05, 0) is 12.0 Å². The lowest BCUT2D eigenvalue weighted by molar-refractivity contribution is -0.136. The first-order chi connectivity index (χ1) is 10.9. The van der Waals surface area contributed by atoms with Crippen LogP contribution in [0.2, 0.25) is 0 Å². The van der Waals surface area contributed by atoms with Crippen molar-refractivity contribution in [3.8, 4) is 0 Å². The second-order valence-corrected chi connectivity index (χ2v) is 6.92. The van der Waals surface area contributed by atoms with Crippen molar-refractivity contribution in [2.45, 2.75) is 59.9 Å². The van der Waals surface area contributed by atoms with E-state index in [4.69, 9.17) is 0 Å². The lowest BCUT2D eigenvalue weighted by Gasteiger charge is -2.28. The number of rotatable bonds is 7. The molecule has 0 aliphatic rings. The quantitative estimate of drug-likeness (QED) is 0.760. The van der Waals surface area contributed by atoms with E-state index in [9.17, 15) is 9.59 Å². The van der Waals surface area contributed by atoms with Crippen LogP contribution in [0.1, 0.15) is 58.9 Å². The van der Waals surface area contributed by atoms with Gasteiger partial charge in [0.1, 0.15) is 0 Å². The molecule has 0 unspecified atom stereocenters. The van der Waals surface area contributed by atoms with Gasteiger partial charge in [-0.3, -0.25) is 9.69 Å². The first-order valence-corrected chi connectivity index (χ1v) is 8.50. The Bertz CT molecular complexity index is 492. The molecule has 1 rings (SSSR count). The van der Waals surface area contributed by atoms with Gasteiger partial charge in [-0.1, -0.05) is 77.3 Å². The molecule has 1 aromatic carbocycles. The summed E-state index contributed by atoms with van der Waals surface area (Å²) in [6.45, 7) is 8.58. The minimum absolute atomic E-state index is 0.160. The number of carbonyl (C=O) groups is 2. The van der Waals surface area contributed by atoms with Gasteiger partial charge in [0.25, 0.3) is 0 Å². The van der Waals surface area contributed by atoms with Crippen LogP contribution in [0, 0.1) is 5.41 Å². The third-order valence-electron chi connectivity index (χ3n) is 3.62. The highest BCUT2D eigenvalue weighted by Crippen LogP contribution is 2.19. The Kier molecular flexibility index (Phi) is 7.79. The van der Waals surface area contributed by atoms with Crippen LogP contribution >= 0.6 is 0 Å². The molecule has 128 valence electrons. The molecule has 0 heterocycles. The fourth-order valence-electron chi connectivity index (χ4n) is 2.25. The highest BCUT2D eigenvalue weighted by atomic mass is 16.2. The van der Waals surface area contributed by atoms with Crippen LogP contribution in [0.15, 0.2) is 30.3 Å². The molecule has 23 heavy (non-hydrogen) atoms. The van der Waals surface area contributed by atoms with Gasteiger partial charge >= 0.3 is 6.03 Å². The van der Waals surface area contributed by atoms with E-state index in [0.29, 0.717) is 13.1 Å². The van der Waals surface area contributed by atoms with E-state index in [0.717, 1.165) is 24.8 Å². The van der Waals surface area contributed by atoms with E-state index >= 15 is 0 Å². The highest BCUT2D eigenvalue weighted by Gasteiger charge is 2.31. The number of unbranched alkanes of at least 4 members (excludes halogenated alkanes) is 3. The molecular formula is C19H30N2O2. The zero-order valence-corrected chi connectivity index (χ0v) is 14.9. The molecule has 0 radical (unpaired) electrons. The standard InChI is InChI=1S/C19H30N2O2/c1-5-6-7-11-14-20-18(23)21(17(22)19(2,3)4)15-16-12-9-8-10-13-16/h8-10,12-13H,5-7,11,14-15H2,1-4H3,(H,20,23). The molecule has 0 saturated carbocycles. The Balaban J connectivity index is 2.71. The van der Waals surface area contributed by atoms with Crippen molar-refractivity contribution in [2.75, 3.05) is 6.54 Å². The molecule has 0 bridgehead atoms. The van der Waals surface area contributed by atoms with Crippen molar-refractivity contribution in [1.29, 1.82) is 0 Å². The van der Waals surface area contributed by atoms with Crippen LogP contribution in [0.3, 0.4) is 0 Å². The van der Waals surface area contributed by atoms with Gasteiger partial charge in [0.15, 0.2) is 0 Å². The lowest BCUT2D eigenvalue weighted by Crippen LogP contribution is -2.48. The van der Waals surface area contributed by atoms with Crippen molar-refractivity contribution < 1.29 is 9.59 Å². The van der Waals surface area contributed by atoms with Crippen molar-refractivity contribution in [3.05, 3.63) is 35.9 Å². The predicted octanol–water partition coefficient (Wildman–Crippen LogP) is 4.35. The summed E-state index contributed by atoms with van der Waals surface area (Å²) in [7, 11) is 0. The van der Waals surface area contributed by atoms with Crippen molar-refractivity contribution >= 4 is 11.9 Å². The molecule has 0 atom stereocenters. The SMILES string of the molecule is CCCCCCNC(=O)N(Cc1ccccc1)C(=O)C(C)(C)C. The Hall–Kier alpha value is -1.84. The molecule has 0 fully saturated rings. The van der Waals surface area contributed by atoms with E-state index in [-0.39, 0.29) is 11.9 Å². The molecule has 4 heteroatoms. The summed E-state index contributed by atoms with van der Waals surface area (Å²) in [5.74, 6) is -0.160. The van der Waals surface area contributed by atoms with Gasteiger partial charge in [-0.2, -0.15) is 0 Å². The molecule has 1 N–H and O–H groups in total. The highest BCUT2D eigenvalue weighted by molar-refractivity contribution is 5.96. The zero-order chi connectivity index (χ0) is 17.3. The summed E-state index contributed by atoms with van der Waals surface area (Å²) in [5.41, 5.74) is 0.361. The van der Waals surface area contributed by atoms with Gasteiger partial charge in [0, 0.05) is 12.0 Å². The maximum Gasteiger partial charge on any atom is 0.324 e. The maximum atomic E-state index is 12.6. The minimum Gasteiger partial charge on any atom is -0.338 e. The number of hydrogen-bond acceptors (Lipinski definition) is 2. The Morgan fingerprint density at radius 1 is 1.04 bits per heavy atom. The number of nitrogens with zero attached hydrogens (tertiary/aromatic N) is 1. The van der Waals surface area contributed by atoms with E-state index in [1.54, 1.807) is 0 Å². The third-order valence-corrected chi connectivity index (χ3v) is 3.62. The topological polar surface area (TPSA) is 49.4 Å². The molecule has 1 aromatic rings. The smallest absolute Gasteiger partial charge is 0.324 e. The average Bonchev–Trinajstić information content (AvgIpc) is 2.51. The Labute approximate surface area is 140 Å². The molecule has 3 amide bonds.